The molecule has 1 amide bonds. The molecular formula is C16H14F2NO2P. The Balaban J connectivity index is 2.28. The van der Waals surface area contributed by atoms with Gasteiger partial charge in [-0.2, -0.15) is 8.78 Å². The van der Waals surface area contributed by atoms with E-state index in [1.165, 1.54) is 21.4 Å². The highest BCUT2D eigenvalue weighted by atomic mass is 31.0. The molecule has 0 aromatic heterocycles. The van der Waals surface area contributed by atoms with Crippen LogP contribution in [-0.4, -0.2) is 16.7 Å². The van der Waals surface area contributed by atoms with Crippen molar-refractivity contribution in [3.63, 3.8) is 0 Å². The number of primary amides is 1. The largest absolute Gasteiger partial charge is 0.374 e. The van der Waals surface area contributed by atoms with E-state index < -0.39 is 17.2 Å². The van der Waals surface area contributed by atoms with E-state index in [2.05, 4.69) is 0 Å². The van der Waals surface area contributed by atoms with E-state index in [9.17, 15) is 18.7 Å². The van der Waals surface area contributed by atoms with Crippen LogP contribution in [0, 0.1) is 0 Å². The summed E-state index contributed by atoms with van der Waals surface area (Å²) >= 11 is 0. The molecule has 0 spiro atoms. The molecule has 0 saturated carbocycles. The smallest absolute Gasteiger partial charge is 0.295 e. The number of carbonyl (C=O) groups is 1. The molecule has 0 bridgehead atoms. The molecule has 0 saturated heterocycles. The van der Waals surface area contributed by atoms with Crippen LogP contribution in [0.5, 0.6) is 0 Å². The van der Waals surface area contributed by atoms with Crippen LogP contribution in [0.15, 0.2) is 42.5 Å². The van der Waals surface area contributed by atoms with Crippen molar-refractivity contribution in [2.75, 3.05) is 0 Å². The molecule has 0 aliphatic heterocycles. The second kappa shape index (κ2) is 4.83. The Bertz CT molecular complexity index is 773. The summed E-state index contributed by atoms with van der Waals surface area (Å²) < 4.78 is 28.4. The van der Waals surface area contributed by atoms with Gasteiger partial charge in [0, 0.05) is 11.1 Å². The fourth-order valence-corrected chi connectivity index (χ4v) is 3.29. The summed E-state index contributed by atoms with van der Waals surface area (Å²) in [6, 6.07) is 11.2. The van der Waals surface area contributed by atoms with Gasteiger partial charge in [0.2, 0.25) is 5.91 Å². The maximum atomic E-state index is 14.2. The molecule has 3 rings (SSSR count). The van der Waals surface area contributed by atoms with Crippen molar-refractivity contribution in [2.45, 2.75) is 17.7 Å². The standard InChI is InChI=1S/C16H14F2NO2P/c17-16(18,22)15(21)12-4-2-1-3-10(12)11-6-5-9(7-13(11)15)8-14(19)20/h1-7,21H,8,22H2,(H2,19,20). The Morgan fingerprint density at radius 3 is 2.45 bits per heavy atom. The summed E-state index contributed by atoms with van der Waals surface area (Å²) in [5.41, 5.74) is 1.08. The normalized spacial score (nSPS) is 19.6. The fourth-order valence-electron chi connectivity index (χ4n) is 2.97. The molecule has 3 nitrogen and oxygen atoms in total. The van der Waals surface area contributed by atoms with Crippen molar-refractivity contribution in [3.8, 4) is 11.1 Å². The summed E-state index contributed by atoms with van der Waals surface area (Å²) in [5.74, 6) is -0.559. The van der Waals surface area contributed by atoms with Gasteiger partial charge in [-0.15, -0.1) is 0 Å². The first kappa shape index (κ1) is 15.1. The van der Waals surface area contributed by atoms with Gasteiger partial charge in [-0.05, 0) is 16.7 Å². The van der Waals surface area contributed by atoms with Crippen LogP contribution in [0.4, 0.5) is 8.78 Å². The van der Waals surface area contributed by atoms with E-state index in [0.29, 0.717) is 16.7 Å². The summed E-state index contributed by atoms with van der Waals surface area (Å²) in [5, 5.41) is 10.8. The van der Waals surface area contributed by atoms with E-state index in [1.54, 1.807) is 30.3 Å². The Morgan fingerprint density at radius 2 is 1.82 bits per heavy atom. The first-order chi connectivity index (χ1) is 10.2. The number of rotatable bonds is 3. The second-order valence-corrected chi connectivity index (χ2v) is 6.13. The molecule has 2 aromatic carbocycles. The Labute approximate surface area is 128 Å². The number of aliphatic hydroxyl groups is 1. The third-order valence-corrected chi connectivity index (χ3v) is 4.36. The highest BCUT2D eigenvalue weighted by molar-refractivity contribution is 7.18. The van der Waals surface area contributed by atoms with E-state index in [-0.39, 0.29) is 17.5 Å². The number of hydrogen-bond donors (Lipinski definition) is 2. The minimum atomic E-state index is -3.46. The average molecular weight is 321 g/mol. The maximum absolute atomic E-state index is 14.2. The molecule has 114 valence electrons. The SMILES string of the molecule is NC(=O)Cc1ccc2c(c1)C(O)(C(F)(F)P)c1ccccc1-2. The van der Waals surface area contributed by atoms with E-state index >= 15 is 0 Å². The molecule has 1 aliphatic rings. The topological polar surface area (TPSA) is 63.3 Å². The van der Waals surface area contributed by atoms with Crippen molar-refractivity contribution in [2.24, 2.45) is 5.73 Å². The van der Waals surface area contributed by atoms with Crippen LogP contribution >= 0.6 is 9.24 Å². The molecule has 0 fully saturated rings. The van der Waals surface area contributed by atoms with Crippen molar-refractivity contribution < 1.29 is 18.7 Å². The van der Waals surface area contributed by atoms with Gasteiger partial charge in [-0.1, -0.05) is 51.7 Å². The lowest BCUT2D eigenvalue weighted by molar-refractivity contribution is -0.117. The fraction of sp³-hybridized carbons (Fsp3) is 0.188. The van der Waals surface area contributed by atoms with Crippen LogP contribution < -0.4 is 5.73 Å². The first-order valence-corrected chi connectivity index (χ1v) is 7.23. The second-order valence-electron chi connectivity index (χ2n) is 5.40. The Hall–Kier alpha value is -1.84. The Morgan fingerprint density at radius 1 is 1.18 bits per heavy atom. The summed E-state index contributed by atoms with van der Waals surface area (Å²) in [6.07, 6.45) is -0.0673. The molecule has 3 N–H and O–H groups in total. The van der Waals surface area contributed by atoms with Gasteiger partial charge in [0.1, 0.15) is 0 Å². The average Bonchev–Trinajstić information content (AvgIpc) is 2.69. The summed E-state index contributed by atoms with van der Waals surface area (Å²) in [4.78, 5) is 11.1. The number of hydrogen-bond acceptors (Lipinski definition) is 2. The van der Waals surface area contributed by atoms with Gasteiger partial charge in [0.15, 0.2) is 5.60 Å². The highest BCUT2D eigenvalue weighted by Crippen LogP contribution is 2.56. The van der Waals surface area contributed by atoms with Gasteiger partial charge in [0.05, 0.1) is 6.42 Å². The van der Waals surface area contributed by atoms with Gasteiger partial charge >= 0.3 is 0 Å². The first-order valence-electron chi connectivity index (χ1n) is 6.66. The Kier molecular flexibility index (Phi) is 3.31. The summed E-state index contributed by atoms with van der Waals surface area (Å²) in [6.45, 7) is 0. The predicted molar refractivity (Wildman–Crippen MR) is 82.4 cm³/mol. The third-order valence-electron chi connectivity index (χ3n) is 3.94. The number of amides is 1. The molecule has 0 radical (unpaired) electrons. The van der Waals surface area contributed by atoms with Crippen molar-refractivity contribution >= 4 is 15.1 Å². The van der Waals surface area contributed by atoms with Gasteiger partial charge in [-0.25, -0.2) is 0 Å². The van der Waals surface area contributed by atoms with Crippen molar-refractivity contribution in [1.82, 2.24) is 0 Å². The zero-order valence-corrected chi connectivity index (χ0v) is 12.7. The van der Waals surface area contributed by atoms with Crippen LogP contribution in [0.3, 0.4) is 0 Å². The maximum Gasteiger partial charge on any atom is 0.295 e. The number of carbonyl (C=O) groups excluding carboxylic acids is 1. The quantitative estimate of drug-likeness (QED) is 0.853. The lowest BCUT2D eigenvalue weighted by Gasteiger charge is -2.31. The van der Waals surface area contributed by atoms with Gasteiger partial charge in [-0.3, -0.25) is 4.79 Å². The highest BCUT2D eigenvalue weighted by Gasteiger charge is 2.56. The molecule has 2 aromatic rings. The molecule has 0 heterocycles. The van der Waals surface area contributed by atoms with Gasteiger partial charge < -0.3 is 10.8 Å². The molecule has 6 heteroatoms. The molecule has 22 heavy (non-hydrogen) atoms. The van der Waals surface area contributed by atoms with Gasteiger partial charge in [0.25, 0.3) is 5.66 Å². The molecule has 2 unspecified atom stereocenters. The van der Waals surface area contributed by atoms with Crippen molar-refractivity contribution in [3.05, 3.63) is 59.2 Å². The van der Waals surface area contributed by atoms with Crippen LogP contribution in [0.25, 0.3) is 11.1 Å². The van der Waals surface area contributed by atoms with E-state index in [0.717, 1.165) is 0 Å². The van der Waals surface area contributed by atoms with Crippen molar-refractivity contribution in [1.29, 1.82) is 0 Å². The number of benzene rings is 2. The van der Waals surface area contributed by atoms with Crippen LogP contribution in [0.2, 0.25) is 0 Å². The van der Waals surface area contributed by atoms with E-state index in [4.69, 9.17) is 5.73 Å². The number of halogens is 2. The molecular weight excluding hydrogens is 307 g/mol. The lowest BCUT2D eigenvalue weighted by Crippen LogP contribution is -2.40. The molecule has 1 aliphatic carbocycles. The number of alkyl halides is 2. The van der Waals surface area contributed by atoms with E-state index in [1.807, 2.05) is 0 Å². The minimum absolute atomic E-state index is 0.0673. The number of fused-ring (bicyclic) bond motifs is 3. The summed E-state index contributed by atoms with van der Waals surface area (Å²) in [7, 11) is 1.41. The zero-order valence-electron chi connectivity index (χ0n) is 11.5. The molecule has 2 atom stereocenters. The third kappa shape index (κ3) is 2.04. The number of nitrogens with two attached hydrogens (primary N) is 1. The predicted octanol–water partition coefficient (Wildman–Crippen LogP) is 2.40. The van der Waals surface area contributed by atoms with Crippen LogP contribution in [0.1, 0.15) is 16.7 Å². The monoisotopic (exact) mass is 321 g/mol. The lowest BCUT2D eigenvalue weighted by atomic mass is 9.90. The van der Waals surface area contributed by atoms with Crippen LogP contribution in [-0.2, 0) is 16.8 Å². The zero-order chi connectivity index (χ0) is 16.1. The minimum Gasteiger partial charge on any atom is -0.374 e.